The molecular weight excluding hydrogens is 312 g/mol. The van der Waals surface area contributed by atoms with Crippen molar-refractivity contribution in [3.63, 3.8) is 0 Å². The highest BCUT2D eigenvalue weighted by atomic mass is 16.5. The summed E-state index contributed by atoms with van der Waals surface area (Å²) in [6.45, 7) is 3.59. The van der Waals surface area contributed by atoms with E-state index in [0.717, 1.165) is 57.4 Å². The van der Waals surface area contributed by atoms with Gasteiger partial charge >= 0.3 is 0 Å². The molecule has 0 aliphatic heterocycles. The van der Waals surface area contributed by atoms with Crippen LogP contribution in [0.2, 0.25) is 0 Å². The number of nitrogens with one attached hydrogen (secondary N) is 3. The van der Waals surface area contributed by atoms with E-state index in [2.05, 4.69) is 51.1 Å². The number of hydrogen-bond donors (Lipinski definition) is 3. The predicted molar refractivity (Wildman–Crippen MR) is 104 cm³/mol. The lowest BCUT2D eigenvalue weighted by atomic mass is 10.1. The first-order valence-corrected chi connectivity index (χ1v) is 9.44. The molecule has 5 heteroatoms. The first-order valence-electron chi connectivity index (χ1n) is 9.44. The maximum Gasteiger partial charge on any atom is 0.190 e. The Morgan fingerprint density at radius 1 is 1.20 bits per heavy atom. The number of benzene rings is 1. The maximum absolute atomic E-state index is 5.64. The van der Waals surface area contributed by atoms with E-state index in [-0.39, 0.29) is 0 Å². The molecule has 0 spiro atoms. The summed E-state index contributed by atoms with van der Waals surface area (Å²) in [6, 6.07) is 8.46. The molecule has 136 valence electrons. The summed E-state index contributed by atoms with van der Waals surface area (Å²) in [5.74, 6) is 1.72. The number of guanidine groups is 1. The van der Waals surface area contributed by atoms with E-state index in [1.54, 1.807) is 0 Å². The Balaban J connectivity index is 1.27. The molecule has 0 radical (unpaired) electrons. The number of aryl methyl sites for hydroxylation is 1. The van der Waals surface area contributed by atoms with Crippen molar-refractivity contribution < 1.29 is 4.74 Å². The first-order chi connectivity index (χ1) is 12.4. The van der Waals surface area contributed by atoms with Crippen molar-refractivity contribution in [1.82, 2.24) is 15.6 Å². The second-order valence-electron chi connectivity index (χ2n) is 6.76. The van der Waals surface area contributed by atoms with Gasteiger partial charge in [-0.15, -0.1) is 0 Å². The molecule has 0 amide bonds. The summed E-state index contributed by atoms with van der Waals surface area (Å²) in [6.07, 6.45) is 7.99. The molecule has 5 nitrogen and oxygen atoms in total. The SMILES string of the molecule is CN=C(NCCCOCC1CC1)NCCCc1c[nH]c2ccccc12. The fraction of sp³-hybridized carbons (Fsp3) is 0.550. The average molecular weight is 342 g/mol. The molecule has 0 bridgehead atoms. The van der Waals surface area contributed by atoms with Gasteiger partial charge in [0.05, 0.1) is 0 Å². The summed E-state index contributed by atoms with van der Waals surface area (Å²) >= 11 is 0. The van der Waals surface area contributed by atoms with Gasteiger partial charge in [0.1, 0.15) is 0 Å². The molecule has 1 heterocycles. The minimum absolute atomic E-state index is 0.834. The zero-order valence-electron chi connectivity index (χ0n) is 15.2. The first kappa shape index (κ1) is 17.8. The fourth-order valence-electron chi connectivity index (χ4n) is 2.96. The number of ether oxygens (including phenoxy) is 1. The summed E-state index contributed by atoms with van der Waals surface area (Å²) in [4.78, 5) is 7.61. The second-order valence-corrected chi connectivity index (χ2v) is 6.76. The van der Waals surface area contributed by atoms with Crippen molar-refractivity contribution in [2.75, 3.05) is 33.4 Å². The van der Waals surface area contributed by atoms with Gasteiger partial charge in [0.25, 0.3) is 0 Å². The molecule has 1 fully saturated rings. The Morgan fingerprint density at radius 2 is 2.00 bits per heavy atom. The third-order valence-corrected chi connectivity index (χ3v) is 4.62. The van der Waals surface area contributed by atoms with Crippen LogP contribution in [0.1, 0.15) is 31.2 Å². The number of aliphatic imine (C=N–C) groups is 1. The molecule has 0 saturated heterocycles. The van der Waals surface area contributed by atoms with Crippen LogP contribution in [0.3, 0.4) is 0 Å². The molecule has 25 heavy (non-hydrogen) atoms. The van der Waals surface area contributed by atoms with Crippen LogP contribution in [-0.2, 0) is 11.2 Å². The Hall–Kier alpha value is -2.01. The molecule has 1 saturated carbocycles. The number of fused-ring (bicyclic) bond motifs is 1. The van der Waals surface area contributed by atoms with Gasteiger partial charge in [-0.1, -0.05) is 18.2 Å². The molecule has 1 aliphatic carbocycles. The number of nitrogens with zero attached hydrogens (tertiary/aromatic N) is 1. The third kappa shape index (κ3) is 5.78. The summed E-state index contributed by atoms with van der Waals surface area (Å²) < 4.78 is 5.64. The topological polar surface area (TPSA) is 61.4 Å². The number of aromatic amines is 1. The van der Waals surface area contributed by atoms with E-state index in [9.17, 15) is 0 Å². The van der Waals surface area contributed by atoms with E-state index >= 15 is 0 Å². The van der Waals surface area contributed by atoms with Crippen LogP contribution < -0.4 is 10.6 Å². The van der Waals surface area contributed by atoms with Crippen LogP contribution >= 0.6 is 0 Å². The molecule has 1 aliphatic rings. The maximum atomic E-state index is 5.64. The Morgan fingerprint density at radius 3 is 2.80 bits per heavy atom. The van der Waals surface area contributed by atoms with Crippen LogP contribution in [0.4, 0.5) is 0 Å². The zero-order chi connectivity index (χ0) is 17.3. The monoisotopic (exact) mass is 342 g/mol. The molecule has 0 atom stereocenters. The van der Waals surface area contributed by atoms with E-state index in [1.165, 1.54) is 29.3 Å². The number of H-pyrrole nitrogens is 1. The highest BCUT2D eigenvalue weighted by Crippen LogP contribution is 2.28. The van der Waals surface area contributed by atoms with Gasteiger partial charge in [0.2, 0.25) is 0 Å². The molecule has 3 rings (SSSR count). The van der Waals surface area contributed by atoms with Crippen molar-refractivity contribution >= 4 is 16.9 Å². The van der Waals surface area contributed by atoms with E-state index in [0.29, 0.717) is 0 Å². The van der Waals surface area contributed by atoms with Gasteiger partial charge in [0, 0.05) is 50.5 Å². The van der Waals surface area contributed by atoms with Gasteiger partial charge < -0.3 is 20.4 Å². The van der Waals surface area contributed by atoms with E-state index < -0.39 is 0 Å². The van der Waals surface area contributed by atoms with Crippen LogP contribution in [0.15, 0.2) is 35.5 Å². The van der Waals surface area contributed by atoms with Gasteiger partial charge in [-0.2, -0.15) is 0 Å². The van der Waals surface area contributed by atoms with Gasteiger partial charge in [-0.3, -0.25) is 4.99 Å². The molecule has 3 N–H and O–H groups in total. The molecular formula is C20H30N4O. The Bertz CT molecular complexity index is 675. The molecule has 1 aromatic carbocycles. The second kappa shape index (κ2) is 9.47. The average Bonchev–Trinajstić information content (AvgIpc) is 3.38. The Kier molecular flexibility index (Phi) is 6.74. The van der Waals surface area contributed by atoms with Crippen molar-refractivity contribution in [3.05, 3.63) is 36.0 Å². The van der Waals surface area contributed by atoms with Crippen LogP contribution in [0.5, 0.6) is 0 Å². The zero-order valence-corrected chi connectivity index (χ0v) is 15.2. The Labute approximate surface area is 150 Å². The smallest absolute Gasteiger partial charge is 0.190 e. The lowest BCUT2D eigenvalue weighted by molar-refractivity contribution is 0.123. The van der Waals surface area contributed by atoms with E-state index in [1.807, 2.05) is 7.05 Å². The fourth-order valence-corrected chi connectivity index (χ4v) is 2.96. The molecule has 1 aromatic heterocycles. The standard InChI is InChI=1S/C20H30N4O/c1-21-20(23-12-5-13-25-15-16-9-10-16)22-11-4-6-17-14-24-19-8-3-2-7-18(17)19/h2-3,7-8,14,16,24H,4-6,9-13,15H2,1H3,(H2,21,22,23). The van der Waals surface area contributed by atoms with Crippen LogP contribution in [0.25, 0.3) is 10.9 Å². The highest BCUT2D eigenvalue weighted by Gasteiger charge is 2.20. The van der Waals surface area contributed by atoms with Crippen LogP contribution in [0, 0.1) is 5.92 Å². The predicted octanol–water partition coefficient (Wildman–Crippen LogP) is 3.08. The quantitative estimate of drug-likeness (QED) is 0.353. The third-order valence-electron chi connectivity index (χ3n) is 4.62. The summed E-state index contributed by atoms with van der Waals surface area (Å²) in [5, 5.41) is 8.07. The van der Waals surface area contributed by atoms with Crippen molar-refractivity contribution in [2.45, 2.75) is 32.1 Å². The minimum atomic E-state index is 0.834. The number of aromatic nitrogens is 1. The summed E-state index contributed by atoms with van der Waals surface area (Å²) in [7, 11) is 1.82. The minimum Gasteiger partial charge on any atom is -0.381 e. The number of hydrogen-bond acceptors (Lipinski definition) is 2. The summed E-state index contributed by atoms with van der Waals surface area (Å²) in [5.41, 5.74) is 2.60. The largest absolute Gasteiger partial charge is 0.381 e. The van der Waals surface area contributed by atoms with E-state index in [4.69, 9.17) is 4.74 Å². The van der Waals surface area contributed by atoms with Crippen molar-refractivity contribution in [2.24, 2.45) is 10.9 Å². The number of rotatable bonds is 10. The van der Waals surface area contributed by atoms with Crippen molar-refractivity contribution in [1.29, 1.82) is 0 Å². The van der Waals surface area contributed by atoms with Gasteiger partial charge in [0.15, 0.2) is 5.96 Å². The number of para-hydroxylation sites is 1. The van der Waals surface area contributed by atoms with Gasteiger partial charge in [-0.05, 0) is 49.7 Å². The van der Waals surface area contributed by atoms with Crippen LogP contribution in [-0.4, -0.2) is 44.3 Å². The molecule has 2 aromatic rings. The lowest BCUT2D eigenvalue weighted by Gasteiger charge is -2.11. The van der Waals surface area contributed by atoms with Gasteiger partial charge in [-0.25, -0.2) is 0 Å². The lowest BCUT2D eigenvalue weighted by Crippen LogP contribution is -2.38. The normalized spacial score (nSPS) is 14.8. The molecule has 0 unspecified atom stereocenters. The van der Waals surface area contributed by atoms with Crippen molar-refractivity contribution in [3.8, 4) is 0 Å². The highest BCUT2D eigenvalue weighted by molar-refractivity contribution is 5.83.